The number of terminal acetylenes is 1. The van der Waals surface area contributed by atoms with Gasteiger partial charge in [0.1, 0.15) is 0 Å². The summed E-state index contributed by atoms with van der Waals surface area (Å²) in [5.41, 5.74) is 0. The van der Waals surface area contributed by atoms with E-state index in [4.69, 9.17) is 6.42 Å². The minimum atomic E-state index is 1.68. The molecule has 0 radical (unpaired) electrons. The van der Waals surface area contributed by atoms with Crippen molar-refractivity contribution in [3.05, 3.63) is 0 Å². The lowest BCUT2D eigenvalue weighted by atomic mass is 10.4. The molecule has 0 aliphatic rings. The second-order valence-electron chi connectivity index (χ2n) is 10.0. The van der Waals surface area contributed by atoms with Gasteiger partial charge in [-0.1, -0.05) is 5.92 Å². The van der Waals surface area contributed by atoms with Crippen molar-refractivity contribution in [2.45, 2.75) is 6.92 Å². The zero-order chi connectivity index (χ0) is 57.9. The van der Waals surface area contributed by atoms with Gasteiger partial charge in [0.25, 0.3) is 0 Å². The number of rotatable bonds is 0. The average Bonchev–Trinajstić information content (AvgIpc) is 3.48. The van der Waals surface area contributed by atoms with Crippen LogP contribution in [0.3, 0.4) is 0 Å². The molecule has 0 atom stereocenters. The Bertz CT molecular complexity index is 5490. The highest BCUT2D eigenvalue weighted by atomic mass is 13.7. The molecule has 0 heteroatoms. The summed E-state index contributed by atoms with van der Waals surface area (Å²) in [6.07, 6.45) is 4.95. The van der Waals surface area contributed by atoms with E-state index in [1.807, 2.05) is 0 Å². The van der Waals surface area contributed by atoms with Crippen LogP contribution in [0.15, 0.2) is 0 Å². The predicted octanol–water partition coefficient (Wildman–Crippen LogP) is 0.772. The molecule has 0 aromatic carbocycles. The highest BCUT2D eigenvalue weighted by molar-refractivity contribution is 5.54. The monoisotopic (exact) mass is 976 g/mol. The fourth-order valence-corrected chi connectivity index (χ4v) is 2.44. The topological polar surface area (TPSA) is 0 Å². The van der Waals surface area contributed by atoms with Gasteiger partial charge in [-0.2, -0.15) is 0 Å². The molecule has 81 heavy (non-hydrogen) atoms. The van der Waals surface area contributed by atoms with Crippen molar-refractivity contribution in [1.82, 2.24) is 0 Å². The minimum Gasteiger partial charge on any atom is -0.106 e. The van der Waals surface area contributed by atoms with Gasteiger partial charge < -0.3 is 0 Å². The van der Waals surface area contributed by atoms with Crippen LogP contribution in [0.25, 0.3) is 0 Å². The summed E-state index contributed by atoms with van der Waals surface area (Å²) in [5, 5.41) is 0. The normalized spacial score (nSPS) is 3.95. The fraction of sp³-hybridized carbons (Fsp3) is 0.0123. The Morgan fingerprint density at radius 2 is 0.160 bits per heavy atom. The molecule has 0 heterocycles. The van der Waals surface area contributed by atoms with Crippen LogP contribution >= 0.6 is 0 Å². The van der Waals surface area contributed by atoms with Crippen molar-refractivity contribution >= 4 is 0 Å². The maximum Gasteiger partial charge on any atom is 0 e. The van der Waals surface area contributed by atoms with Crippen molar-refractivity contribution < 1.29 is 0 Å². The van der Waals surface area contributed by atoms with Gasteiger partial charge in [0, 0.05) is 367 Å². The number of hydrogen-bond acceptors (Lipinski definition) is 0. The molecule has 0 saturated heterocycles. The van der Waals surface area contributed by atoms with Crippen LogP contribution in [0.1, 0.15) is 6.92 Å². The molecule has 0 rings (SSSR count). The van der Waals surface area contributed by atoms with Gasteiger partial charge in [-0.25, -0.2) is 0 Å². The largest absolute Gasteiger partial charge is 0.106 e. The van der Waals surface area contributed by atoms with E-state index < -0.39 is 0 Å². The van der Waals surface area contributed by atoms with E-state index in [0.29, 0.717) is 0 Å². The Morgan fingerprint density at radius 1 is 0.0988 bits per heavy atom. The Hall–Kier alpha value is -17.6. The highest BCUT2D eigenvalue weighted by Crippen LogP contribution is 1.65. The summed E-state index contributed by atoms with van der Waals surface area (Å²) in [5.74, 6) is 197. The van der Waals surface area contributed by atoms with Crippen LogP contribution < -0.4 is 0 Å². The molecule has 0 aliphatic heterocycles. The summed E-state index contributed by atoms with van der Waals surface area (Å²) >= 11 is 0. The lowest BCUT2D eigenvalue weighted by Gasteiger charge is -1.58. The lowest BCUT2D eigenvalue weighted by molar-refractivity contribution is 1.92. The van der Waals surface area contributed by atoms with Gasteiger partial charge in [-0.15, -0.1) is 6.42 Å². The van der Waals surface area contributed by atoms with E-state index in [9.17, 15) is 0 Å². The molecule has 0 amide bonds. The van der Waals surface area contributed by atoms with Crippen LogP contribution in [0.4, 0.5) is 0 Å². The Balaban J connectivity index is 4.62. The second kappa shape index (κ2) is 62.4. The molecule has 0 aromatic heterocycles. The standard InChI is InChI=1S/C81H4/c1-3-5-7-9-11-13-15-17-19-21-23-25-27-29-31-33-35-37-39-41-43-45-47-49-51-53-55-57-59-61-63-65-67-69-71-73-75-77-79-81-80-78-76-74-72-70-68-66-64-62-60-58-56-54-52-50-48-46-44-42-40-38-36-34-32-30-28-26-24-22-20-18-16-14-12-10-8-6-4-2/h1H,2H3. The third-order valence-corrected chi connectivity index (χ3v) is 4.95. The molecular formula is C81H4. The van der Waals surface area contributed by atoms with Gasteiger partial charge in [-0.05, 0) is 102 Å². The van der Waals surface area contributed by atoms with E-state index in [-0.39, 0.29) is 0 Å². The summed E-state index contributed by atoms with van der Waals surface area (Å²) in [4.78, 5) is 0. The summed E-state index contributed by atoms with van der Waals surface area (Å²) in [6.45, 7) is 1.68. The van der Waals surface area contributed by atoms with E-state index in [0.717, 1.165) is 0 Å². The van der Waals surface area contributed by atoms with Gasteiger partial charge in [0.05, 0.1) is 0 Å². The first-order valence-electron chi connectivity index (χ1n) is 20.3. The van der Waals surface area contributed by atoms with E-state index in [1.54, 1.807) is 6.92 Å². The number of hydrogen-bond donors (Lipinski definition) is 0. The van der Waals surface area contributed by atoms with Crippen LogP contribution in [0, 0.1) is 474 Å². The third kappa shape index (κ3) is 62.4. The van der Waals surface area contributed by atoms with E-state index >= 15 is 0 Å². The average molecular weight is 977 g/mol. The van der Waals surface area contributed by atoms with Crippen LogP contribution in [0.5, 0.6) is 0 Å². The van der Waals surface area contributed by atoms with Crippen LogP contribution in [-0.2, 0) is 0 Å². The molecule has 0 spiro atoms. The molecule has 0 unspecified atom stereocenters. The van der Waals surface area contributed by atoms with Gasteiger partial charge in [-0.3, -0.25) is 0 Å². The van der Waals surface area contributed by atoms with Crippen LogP contribution in [-0.4, -0.2) is 0 Å². The van der Waals surface area contributed by atoms with Gasteiger partial charge in [0.2, 0.25) is 0 Å². The molecular weight excluding hydrogens is 973 g/mol. The summed E-state index contributed by atoms with van der Waals surface area (Å²) < 4.78 is 0. The van der Waals surface area contributed by atoms with Crippen molar-refractivity contribution in [2.24, 2.45) is 0 Å². The van der Waals surface area contributed by atoms with Crippen molar-refractivity contribution in [3.8, 4) is 474 Å². The first kappa shape index (κ1) is 63.4. The van der Waals surface area contributed by atoms with E-state index in [2.05, 4.69) is 468 Å². The Labute approximate surface area is 478 Å². The Morgan fingerprint density at radius 3 is 0.222 bits per heavy atom. The Kier molecular flexibility index (Phi) is 48.8. The van der Waals surface area contributed by atoms with Gasteiger partial charge in [0.15, 0.2) is 0 Å². The molecule has 0 bridgehead atoms. The second-order valence-corrected chi connectivity index (χ2v) is 10.0. The highest BCUT2D eigenvalue weighted by Gasteiger charge is 1.65. The quantitative estimate of drug-likeness (QED) is 0.316. The smallest absolute Gasteiger partial charge is 0 e. The minimum absolute atomic E-state index is 1.68. The SMILES string of the molecule is C#CC#CC#CC#CC#CC#CC#CC#CC#CC#CC#CC#CC#CC#CC#CC#CC#CC#CC#CC#CC#CC#CC#CC#CC#CC#CC#CC#CC#CC#CC#CC#CC#CC#CC#CC#CC#CC#CC#CC#CC. The summed E-state index contributed by atoms with van der Waals surface area (Å²) in [6, 6.07) is 0. The fourth-order valence-electron chi connectivity index (χ4n) is 2.44. The summed E-state index contributed by atoms with van der Waals surface area (Å²) in [7, 11) is 0. The molecule has 328 valence electrons. The molecule has 0 aliphatic carbocycles. The molecule has 0 fully saturated rings. The van der Waals surface area contributed by atoms with Crippen LogP contribution in [0.2, 0.25) is 0 Å². The first-order valence-corrected chi connectivity index (χ1v) is 20.3. The molecule has 0 aromatic rings. The predicted molar refractivity (Wildman–Crippen MR) is 318 cm³/mol. The maximum atomic E-state index is 4.95. The zero-order valence-electron chi connectivity index (χ0n) is 41.1. The third-order valence-electron chi connectivity index (χ3n) is 4.95. The van der Waals surface area contributed by atoms with Crippen molar-refractivity contribution in [3.63, 3.8) is 0 Å². The van der Waals surface area contributed by atoms with Gasteiger partial charge >= 0.3 is 0 Å². The maximum absolute atomic E-state index is 4.95. The van der Waals surface area contributed by atoms with Crippen molar-refractivity contribution in [1.29, 1.82) is 0 Å². The zero-order valence-corrected chi connectivity index (χ0v) is 41.1. The van der Waals surface area contributed by atoms with E-state index in [1.165, 1.54) is 0 Å². The first-order chi connectivity index (χ1) is 40.4. The molecule has 0 saturated carbocycles. The lowest BCUT2D eigenvalue weighted by Crippen LogP contribution is -1.57. The molecule has 0 nitrogen and oxygen atoms in total. The van der Waals surface area contributed by atoms with Crippen molar-refractivity contribution in [2.75, 3.05) is 0 Å². The molecule has 0 N–H and O–H groups in total.